The van der Waals surface area contributed by atoms with Gasteiger partial charge >= 0.3 is 6.18 Å². The fourth-order valence-electron chi connectivity index (χ4n) is 7.62. The molecule has 0 aliphatic heterocycles. The summed E-state index contributed by atoms with van der Waals surface area (Å²) in [6.45, 7) is 28.7. The summed E-state index contributed by atoms with van der Waals surface area (Å²) in [6.07, 6.45) is 25.0. The lowest BCUT2D eigenvalue weighted by molar-refractivity contribution is -0.120. The van der Waals surface area contributed by atoms with Crippen LogP contribution in [-0.2, 0) is 21.5 Å². The third kappa shape index (κ3) is 30.9. The normalized spacial score (nSPS) is 16.1. The number of aromatic nitrogens is 3. The second kappa shape index (κ2) is 37.7. The Kier molecular flexibility index (Phi) is 36.2. The quantitative estimate of drug-likeness (QED) is 0.0296. The molecule has 1 aliphatic carbocycles. The second-order valence-corrected chi connectivity index (χ2v) is 21.7. The summed E-state index contributed by atoms with van der Waals surface area (Å²) in [4.78, 5) is 37.3. The van der Waals surface area contributed by atoms with Gasteiger partial charge < -0.3 is 20.7 Å². The van der Waals surface area contributed by atoms with Crippen molar-refractivity contribution in [1.29, 1.82) is 0 Å². The highest BCUT2D eigenvalue weighted by Crippen LogP contribution is 2.52. The predicted octanol–water partition coefficient (Wildman–Crippen LogP) is 14.1. The molecule has 4 radical (unpaired) electrons. The zero-order valence-electron chi connectivity index (χ0n) is 49.9. The van der Waals surface area contributed by atoms with Gasteiger partial charge in [-0.3, -0.25) is 24.5 Å². The van der Waals surface area contributed by atoms with E-state index in [2.05, 4.69) is 91.6 Å². The molecule has 4 N–H and O–H groups in total. The minimum absolute atomic E-state index is 0.0490. The molecular formula is C61H93B2ClF3N7O4. The van der Waals surface area contributed by atoms with Gasteiger partial charge in [0, 0.05) is 59.9 Å². The van der Waals surface area contributed by atoms with Gasteiger partial charge in [0.1, 0.15) is 39.3 Å². The number of benzene rings is 1. The Hall–Kier alpha value is -5.10. The van der Waals surface area contributed by atoms with E-state index in [1.807, 2.05) is 39.8 Å². The summed E-state index contributed by atoms with van der Waals surface area (Å²) in [6, 6.07) is 7.95. The van der Waals surface area contributed by atoms with Crippen molar-refractivity contribution in [1.82, 2.24) is 14.8 Å². The Morgan fingerprint density at radius 3 is 2.04 bits per heavy atom. The molecule has 3 unspecified atom stereocenters. The lowest BCUT2D eigenvalue weighted by Gasteiger charge is -2.27. The van der Waals surface area contributed by atoms with Gasteiger partial charge in [-0.1, -0.05) is 125 Å². The summed E-state index contributed by atoms with van der Waals surface area (Å²) in [5, 5.41) is 23.6. The van der Waals surface area contributed by atoms with Crippen LogP contribution >= 0.6 is 11.6 Å². The van der Waals surface area contributed by atoms with Crippen LogP contribution < -0.4 is 5.73 Å². The van der Waals surface area contributed by atoms with Gasteiger partial charge in [0.2, 0.25) is 0 Å². The number of terminal acetylenes is 1. The SMILES string of the molecule is C#C.C/C=C(C=NCC(C)(C)O)/C(C)=C/C(=NC(CC)CC(C)(C)CCC)C(F)(F)F.CCC.CCC(C)C=O.CCC[C@@H]1CC1c1ccc(-c2cnc(N)c(C=NC)c2)cc1Cl.[B]C([B])(O)n1cc(C[C@@H](C)C(C)=O)cn1. The molecule has 1 aromatic carbocycles. The zero-order chi connectivity index (χ0) is 60.6. The summed E-state index contributed by atoms with van der Waals surface area (Å²) in [7, 11) is 12.2. The van der Waals surface area contributed by atoms with Crippen LogP contribution in [-0.4, -0.2) is 102 Å². The number of Topliss-reactive ketones (excluding diaryl/α,β-unsaturated/α-hetero) is 1. The van der Waals surface area contributed by atoms with Gasteiger partial charge in [-0.15, -0.1) is 12.8 Å². The molecule has 1 aliphatic rings. The van der Waals surface area contributed by atoms with E-state index in [4.69, 9.17) is 33.0 Å². The maximum atomic E-state index is 13.7. The number of rotatable bonds is 22. The predicted molar refractivity (Wildman–Crippen MR) is 325 cm³/mol. The maximum Gasteiger partial charge on any atom is 0.432 e. The molecule has 3 aromatic rings. The number of carbonyl (C=O) groups excluding carboxylic acids is 2. The lowest BCUT2D eigenvalue weighted by Crippen LogP contribution is -2.34. The third-order valence-corrected chi connectivity index (χ3v) is 12.6. The van der Waals surface area contributed by atoms with Gasteiger partial charge in [-0.25, -0.2) is 4.98 Å². The number of ketones is 1. The highest BCUT2D eigenvalue weighted by Gasteiger charge is 2.38. The van der Waals surface area contributed by atoms with Crippen LogP contribution in [0.4, 0.5) is 19.0 Å². The number of aliphatic imine (C=N–C) groups is 3. The van der Waals surface area contributed by atoms with Gasteiger partial charge in [0.25, 0.3) is 0 Å². The Balaban J connectivity index is 0. The molecule has 11 nitrogen and oxygen atoms in total. The number of nitrogen functional groups attached to an aromatic ring is 1. The molecule has 0 bridgehead atoms. The summed E-state index contributed by atoms with van der Waals surface area (Å²) in [5.41, 5.74) is 8.01. The first-order valence-electron chi connectivity index (χ1n) is 27.1. The number of allylic oxidation sites excluding steroid dienone is 4. The smallest absolute Gasteiger partial charge is 0.389 e. The van der Waals surface area contributed by atoms with E-state index >= 15 is 0 Å². The Bertz CT molecular complexity index is 2400. The molecule has 430 valence electrons. The molecule has 1 saturated carbocycles. The van der Waals surface area contributed by atoms with E-state index in [0.717, 1.165) is 69.5 Å². The molecule has 1 fully saturated rings. The number of nitrogens with two attached hydrogens (primary N) is 1. The number of anilines is 1. The second-order valence-electron chi connectivity index (χ2n) is 21.3. The number of halogens is 4. The average Bonchev–Trinajstić information content (AvgIpc) is 3.95. The van der Waals surface area contributed by atoms with Crippen LogP contribution in [0.25, 0.3) is 11.1 Å². The Morgan fingerprint density at radius 2 is 1.60 bits per heavy atom. The monoisotopic (exact) mass is 1100 g/mol. The van der Waals surface area contributed by atoms with E-state index < -0.39 is 23.0 Å². The largest absolute Gasteiger partial charge is 0.432 e. The fraction of sp³-hybridized carbons (Fsp3) is 0.590. The highest BCUT2D eigenvalue weighted by molar-refractivity contribution is 6.36. The van der Waals surface area contributed by atoms with E-state index in [1.165, 1.54) is 56.8 Å². The van der Waals surface area contributed by atoms with Gasteiger partial charge in [-0.2, -0.15) is 18.3 Å². The van der Waals surface area contributed by atoms with Gasteiger partial charge in [-0.05, 0) is 136 Å². The van der Waals surface area contributed by atoms with E-state index in [1.54, 1.807) is 53.2 Å². The highest BCUT2D eigenvalue weighted by atomic mass is 35.5. The number of pyridine rings is 1. The van der Waals surface area contributed by atoms with Crippen molar-refractivity contribution in [3.05, 3.63) is 87.9 Å². The number of aldehydes is 1. The molecule has 0 saturated heterocycles. The van der Waals surface area contributed by atoms with E-state index in [9.17, 15) is 33.0 Å². The molecule has 78 heavy (non-hydrogen) atoms. The number of nitrogens with zero attached hydrogens (tertiary/aromatic N) is 6. The standard InChI is InChI=1S/C23H39F3N2O.C19H22ClN3.C9H12B2N2O2.C5H10O.C3H8.C2H2/c1-9-12-21(5,6)14-19(11-3)28-20(23(24,25)26)13-17(4)18(10-2)15-27-16-22(7,8)29;1-3-4-13-8-17(13)16-6-5-12(9-18(16)20)14-7-15(10-22-2)19(21)23-11-14;1-6(7(2)14)3-8-4-12-13(5-8)9(10,11)15;1-3-5(2)4-6;1-3-2;1-2/h10,13,15,19,29H,9,11-12,14,16H2,1-8H3;5-7,9-11,13,17H,3-4,8H2,1-2H3,(H2,21,23);4-6,15H,3H2,1-2H3;4-5H,3H2,1-2H3;3H2,1-2H3;1-2H/b17-13+,18-10+,27-15?,28-20?;;;;;/t;13-,17?;6-;;;/m.11.../s1. The maximum absolute atomic E-state index is 13.7. The van der Waals surface area contributed by atoms with Gasteiger partial charge in [0.05, 0.1) is 29.9 Å². The minimum Gasteiger partial charge on any atom is -0.389 e. The third-order valence-electron chi connectivity index (χ3n) is 12.3. The van der Waals surface area contributed by atoms with Crippen molar-refractivity contribution in [3.8, 4) is 24.0 Å². The van der Waals surface area contributed by atoms with Crippen LogP contribution in [0, 0.1) is 36.0 Å². The van der Waals surface area contributed by atoms with Crippen LogP contribution in [0.5, 0.6) is 0 Å². The number of hydrogen-bond acceptors (Lipinski definition) is 10. The summed E-state index contributed by atoms with van der Waals surface area (Å²) < 4.78 is 42.1. The molecular weight excluding hydrogens is 1010 g/mol. The van der Waals surface area contributed by atoms with Crippen LogP contribution in [0.2, 0.25) is 5.02 Å². The molecule has 5 atom stereocenters. The molecule has 0 spiro atoms. The Morgan fingerprint density at radius 1 is 0.987 bits per heavy atom. The minimum atomic E-state index is -4.52. The first-order valence-corrected chi connectivity index (χ1v) is 27.5. The first-order chi connectivity index (χ1) is 36.3. The molecule has 17 heteroatoms. The molecule has 2 aromatic heterocycles. The molecule has 2 heterocycles. The average molecular weight is 1100 g/mol. The van der Waals surface area contributed by atoms with E-state index in [0.29, 0.717) is 42.1 Å². The van der Waals surface area contributed by atoms with Gasteiger partial charge in [0.15, 0.2) is 0 Å². The number of alkyl halides is 3. The number of carbonyl (C=O) groups is 2. The van der Waals surface area contributed by atoms with Crippen molar-refractivity contribution in [2.24, 2.45) is 38.1 Å². The number of hydrogen-bond donors (Lipinski definition) is 3. The Labute approximate surface area is 475 Å². The fourth-order valence-corrected chi connectivity index (χ4v) is 7.94. The van der Waals surface area contributed by atoms with E-state index in [-0.39, 0.29) is 35.6 Å². The summed E-state index contributed by atoms with van der Waals surface area (Å²) in [5.74, 6) is 2.23. The first kappa shape index (κ1) is 75.0. The van der Waals surface area contributed by atoms with Crippen molar-refractivity contribution in [3.63, 3.8) is 0 Å². The molecule has 0 amide bonds. The van der Waals surface area contributed by atoms with Crippen LogP contribution in [0.1, 0.15) is 184 Å². The van der Waals surface area contributed by atoms with Crippen molar-refractivity contribution >= 4 is 63.3 Å². The zero-order valence-corrected chi connectivity index (χ0v) is 50.6. The lowest BCUT2D eigenvalue weighted by atomic mass is 9.73. The van der Waals surface area contributed by atoms with Crippen molar-refractivity contribution in [2.45, 2.75) is 197 Å². The van der Waals surface area contributed by atoms with Crippen LogP contribution in [0.15, 0.2) is 81.1 Å². The summed E-state index contributed by atoms with van der Waals surface area (Å²) >= 11 is 6.54. The van der Waals surface area contributed by atoms with Crippen LogP contribution in [0.3, 0.4) is 0 Å². The van der Waals surface area contributed by atoms with Crippen molar-refractivity contribution < 1.29 is 33.0 Å². The van der Waals surface area contributed by atoms with Crippen molar-refractivity contribution in [2.75, 3.05) is 19.3 Å². The number of aliphatic hydroxyl groups is 2. The molecule has 4 rings (SSSR count). The topological polar surface area (TPSA) is 168 Å².